The molecular formula is C18H19FN2O4S. The van der Waals surface area contributed by atoms with Gasteiger partial charge in [-0.15, -0.1) is 0 Å². The Bertz CT molecular complexity index is 911. The number of nitrogens with zero attached hydrogens (tertiary/aromatic N) is 1. The number of Topliss-reactive ketones (excluding diaryl/α,β-unsaturated/α-hetero) is 1. The Balaban J connectivity index is 2.10. The van der Waals surface area contributed by atoms with Crippen molar-refractivity contribution in [3.63, 3.8) is 0 Å². The molecule has 26 heavy (non-hydrogen) atoms. The summed E-state index contributed by atoms with van der Waals surface area (Å²) in [7, 11) is -3.81. The summed E-state index contributed by atoms with van der Waals surface area (Å²) in [6.07, 6.45) is 0. The Labute approximate surface area is 151 Å². The Kier molecular flexibility index (Phi) is 6.23. The van der Waals surface area contributed by atoms with Gasteiger partial charge in [-0.25, -0.2) is 17.5 Å². The molecule has 138 valence electrons. The predicted octanol–water partition coefficient (Wildman–Crippen LogP) is 2.36. The van der Waals surface area contributed by atoms with Crippen LogP contribution < -0.4 is 9.62 Å². The number of rotatable bonds is 7. The number of amides is 1. The van der Waals surface area contributed by atoms with Crippen LogP contribution in [0.5, 0.6) is 0 Å². The summed E-state index contributed by atoms with van der Waals surface area (Å²) in [4.78, 5) is 24.7. The van der Waals surface area contributed by atoms with Gasteiger partial charge in [-0.1, -0.05) is 12.1 Å². The lowest BCUT2D eigenvalue weighted by molar-refractivity contribution is -0.116. The van der Waals surface area contributed by atoms with Crippen molar-refractivity contribution in [2.45, 2.75) is 18.7 Å². The molecule has 0 saturated heterocycles. The first kappa shape index (κ1) is 19.7. The molecule has 2 aromatic rings. The number of carbonyl (C=O) groups excluding carboxylic acids is 2. The van der Waals surface area contributed by atoms with E-state index in [1.165, 1.54) is 18.7 Å². The van der Waals surface area contributed by atoms with Crippen molar-refractivity contribution in [3.8, 4) is 0 Å². The molecule has 2 rings (SSSR count). The van der Waals surface area contributed by atoms with Gasteiger partial charge in [0.25, 0.3) is 0 Å². The van der Waals surface area contributed by atoms with Gasteiger partial charge >= 0.3 is 0 Å². The topological polar surface area (TPSA) is 83.6 Å². The minimum Gasteiger partial charge on any atom is -0.311 e. The number of halogens is 1. The second-order valence-corrected chi connectivity index (χ2v) is 7.40. The van der Waals surface area contributed by atoms with Crippen molar-refractivity contribution in [2.75, 3.05) is 18.0 Å². The highest BCUT2D eigenvalue weighted by molar-refractivity contribution is 7.89. The summed E-state index contributed by atoms with van der Waals surface area (Å²) in [5.41, 5.74) is 0.965. The van der Waals surface area contributed by atoms with Gasteiger partial charge in [0.15, 0.2) is 5.78 Å². The molecule has 0 unspecified atom stereocenters. The van der Waals surface area contributed by atoms with Crippen LogP contribution >= 0.6 is 0 Å². The Morgan fingerprint density at radius 2 is 1.73 bits per heavy atom. The van der Waals surface area contributed by atoms with Gasteiger partial charge in [-0.2, -0.15) is 0 Å². The highest BCUT2D eigenvalue weighted by Gasteiger charge is 2.17. The molecule has 6 nitrogen and oxygen atoms in total. The zero-order valence-corrected chi connectivity index (χ0v) is 15.2. The van der Waals surface area contributed by atoms with Crippen LogP contribution in [0.25, 0.3) is 0 Å². The molecule has 1 amide bonds. The molecule has 0 saturated carbocycles. The van der Waals surface area contributed by atoms with Gasteiger partial charge < -0.3 is 4.90 Å². The minimum atomic E-state index is -3.81. The summed E-state index contributed by atoms with van der Waals surface area (Å²) in [5, 5.41) is 0. The van der Waals surface area contributed by atoms with E-state index in [-0.39, 0.29) is 29.7 Å². The van der Waals surface area contributed by atoms with E-state index in [9.17, 15) is 22.4 Å². The molecule has 0 aliphatic rings. The molecule has 1 N–H and O–H groups in total. The highest BCUT2D eigenvalue weighted by Crippen LogP contribution is 2.17. The Morgan fingerprint density at radius 1 is 1.08 bits per heavy atom. The average Bonchev–Trinajstić information content (AvgIpc) is 2.59. The molecule has 8 heteroatoms. The van der Waals surface area contributed by atoms with Gasteiger partial charge in [0.2, 0.25) is 15.9 Å². The van der Waals surface area contributed by atoms with Crippen LogP contribution in [0.3, 0.4) is 0 Å². The van der Waals surface area contributed by atoms with E-state index in [1.807, 2.05) is 0 Å². The smallest absolute Gasteiger partial charge is 0.240 e. The lowest BCUT2D eigenvalue weighted by Crippen LogP contribution is -2.37. The van der Waals surface area contributed by atoms with E-state index in [0.717, 1.165) is 24.3 Å². The maximum Gasteiger partial charge on any atom is 0.240 e. The molecule has 0 heterocycles. The van der Waals surface area contributed by atoms with Gasteiger partial charge in [0.05, 0.1) is 4.90 Å². The number of hydrogen-bond acceptors (Lipinski definition) is 4. The summed E-state index contributed by atoms with van der Waals surface area (Å²) in [6, 6.07) is 11.0. The van der Waals surface area contributed by atoms with E-state index >= 15 is 0 Å². The zero-order valence-electron chi connectivity index (χ0n) is 14.4. The van der Waals surface area contributed by atoms with Crippen LogP contribution in [-0.4, -0.2) is 33.2 Å². The zero-order chi connectivity index (χ0) is 19.3. The van der Waals surface area contributed by atoms with Crippen molar-refractivity contribution in [3.05, 3.63) is 59.9 Å². The number of hydrogen-bond donors (Lipinski definition) is 1. The van der Waals surface area contributed by atoms with Gasteiger partial charge in [-0.05, 0) is 43.3 Å². The number of nitrogens with one attached hydrogen (secondary N) is 1. The molecule has 0 atom stereocenters. The van der Waals surface area contributed by atoms with Crippen LogP contribution in [-0.2, 0) is 14.8 Å². The molecule has 0 bridgehead atoms. The maximum absolute atomic E-state index is 12.9. The number of benzene rings is 2. The average molecular weight is 378 g/mol. The van der Waals surface area contributed by atoms with E-state index in [0.29, 0.717) is 11.3 Å². The SMILES string of the molecule is CC(=O)c1cccc(N(CCNS(=O)(=O)c2ccc(F)cc2)C(C)=O)c1. The normalized spacial score (nSPS) is 11.2. The van der Waals surface area contributed by atoms with Crippen molar-refractivity contribution in [1.82, 2.24) is 4.72 Å². The number of carbonyl (C=O) groups is 2. The van der Waals surface area contributed by atoms with Crippen LogP contribution in [0.15, 0.2) is 53.4 Å². The first-order valence-electron chi connectivity index (χ1n) is 7.85. The van der Waals surface area contributed by atoms with E-state index in [4.69, 9.17) is 0 Å². The molecule has 0 aliphatic carbocycles. The largest absolute Gasteiger partial charge is 0.311 e. The fourth-order valence-electron chi connectivity index (χ4n) is 2.35. The molecule has 0 radical (unpaired) electrons. The molecule has 0 spiro atoms. The van der Waals surface area contributed by atoms with E-state index in [2.05, 4.69) is 4.72 Å². The van der Waals surface area contributed by atoms with E-state index in [1.54, 1.807) is 24.3 Å². The Morgan fingerprint density at radius 3 is 2.31 bits per heavy atom. The van der Waals surface area contributed by atoms with Gasteiger partial charge in [0.1, 0.15) is 5.82 Å². The van der Waals surface area contributed by atoms with Crippen molar-refractivity contribution in [2.24, 2.45) is 0 Å². The monoisotopic (exact) mass is 378 g/mol. The third-order valence-electron chi connectivity index (χ3n) is 3.70. The molecule has 2 aromatic carbocycles. The summed E-state index contributed by atoms with van der Waals surface area (Å²) >= 11 is 0. The third kappa shape index (κ3) is 4.96. The van der Waals surface area contributed by atoms with E-state index < -0.39 is 15.8 Å². The molecule has 0 fully saturated rings. The lowest BCUT2D eigenvalue weighted by atomic mass is 10.1. The predicted molar refractivity (Wildman–Crippen MR) is 96.1 cm³/mol. The molecule has 0 aromatic heterocycles. The van der Waals surface area contributed by atoms with Crippen molar-refractivity contribution < 1.29 is 22.4 Å². The standard InChI is InChI=1S/C18H19FN2O4S/c1-13(22)15-4-3-5-17(12-15)21(14(2)23)11-10-20-26(24,25)18-8-6-16(19)7-9-18/h3-9,12,20H,10-11H2,1-2H3. The van der Waals surface area contributed by atoms with Crippen LogP contribution in [0.2, 0.25) is 0 Å². The molecular weight excluding hydrogens is 359 g/mol. The fourth-order valence-corrected chi connectivity index (χ4v) is 3.37. The quantitative estimate of drug-likeness (QED) is 0.750. The fraction of sp³-hybridized carbons (Fsp3) is 0.222. The van der Waals surface area contributed by atoms with Crippen molar-refractivity contribution in [1.29, 1.82) is 0 Å². The van der Waals surface area contributed by atoms with Crippen LogP contribution in [0, 0.1) is 5.82 Å². The summed E-state index contributed by atoms with van der Waals surface area (Å²) < 4.78 is 39.7. The van der Waals surface area contributed by atoms with Crippen LogP contribution in [0.1, 0.15) is 24.2 Å². The van der Waals surface area contributed by atoms with Crippen LogP contribution in [0.4, 0.5) is 10.1 Å². The lowest BCUT2D eigenvalue weighted by Gasteiger charge is -2.22. The molecule has 0 aliphatic heterocycles. The van der Waals surface area contributed by atoms with Gasteiger partial charge in [-0.3, -0.25) is 9.59 Å². The second kappa shape index (κ2) is 8.20. The maximum atomic E-state index is 12.9. The number of ketones is 1. The second-order valence-electron chi connectivity index (χ2n) is 5.63. The summed E-state index contributed by atoms with van der Waals surface area (Å²) in [5.74, 6) is -0.948. The first-order valence-corrected chi connectivity index (χ1v) is 9.33. The van der Waals surface area contributed by atoms with Crippen molar-refractivity contribution >= 4 is 27.4 Å². The number of sulfonamides is 1. The minimum absolute atomic E-state index is 0.0381. The van der Waals surface area contributed by atoms with Gasteiger partial charge in [0, 0.05) is 31.3 Å². The third-order valence-corrected chi connectivity index (χ3v) is 5.17. The first-order chi connectivity index (χ1) is 12.2. The number of anilines is 1. The Hall–Kier alpha value is -2.58. The summed E-state index contributed by atoms with van der Waals surface area (Å²) in [6.45, 7) is 2.82. The highest BCUT2D eigenvalue weighted by atomic mass is 32.2.